The van der Waals surface area contributed by atoms with Crippen LogP contribution in [0.3, 0.4) is 0 Å². The number of aliphatic hydroxyl groups is 2. The number of anilines is 1. The van der Waals surface area contributed by atoms with Gasteiger partial charge in [0.1, 0.15) is 6.10 Å². The SMILES string of the molecule is Nc1nc2c(ccn2[C@@H]2O[C@H](CO)CC2O)c(=O)[nH]1. The number of fused-ring (bicyclic) bond motifs is 1. The number of aromatic amines is 1. The van der Waals surface area contributed by atoms with Crippen LogP contribution in [0.4, 0.5) is 5.95 Å². The predicted molar refractivity (Wildman–Crippen MR) is 66.4 cm³/mol. The first-order valence-electron chi connectivity index (χ1n) is 5.91. The molecule has 102 valence electrons. The Kier molecular flexibility index (Phi) is 2.77. The van der Waals surface area contributed by atoms with Crippen molar-refractivity contribution in [2.75, 3.05) is 12.3 Å². The highest BCUT2D eigenvalue weighted by atomic mass is 16.5. The largest absolute Gasteiger partial charge is 0.394 e. The van der Waals surface area contributed by atoms with Crippen molar-refractivity contribution in [2.45, 2.75) is 24.9 Å². The minimum Gasteiger partial charge on any atom is -0.394 e. The Morgan fingerprint density at radius 3 is 3.11 bits per heavy atom. The molecule has 1 aliphatic rings. The van der Waals surface area contributed by atoms with E-state index in [1.54, 1.807) is 16.8 Å². The number of hydrogen-bond donors (Lipinski definition) is 4. The quantitative estimate of drug-likeness (QED) is 0.549. The van der Waals surface area contributed by atoms with Crippen LogP contribution in [0.15, 0.2) is 17.1 Å². The molecule has 1 aliphatic heterocycles. The van der Waals surface area contributed by atoms with Crippen molar-refractivity contribution in [1.82, 2.24) is 14.5 Å². The Morgan fingerprint density at radius 2 is 2.42 bits per heavy atom. The van der Waals surface area contributed by atoms with Gasteiger partial charge in [-0.1, -0.05) is 0 Å². The van der Waals surface area contributed by atoms with Gasteiger partial charge in [0.25, 0.3) is 5.56 Å². The highest BCUT2D eigenvalue weighted by molar-refractivity contribution is 5.76. The van der Waals surface area contributed by atoms with E-state index in [0.29, 0.717) is 17.5 Å². The molecular formula is C11H14N4O4. The van der Waals surface area contributed by atoms with Gasteiger partial charge in [-0.05, 0) is 6.07 Å². The number of nitrogens with two attached hydrogens (primary N) is 1. The molecule has 0 aliphatic carbocycles. The van der Waals surface area contributed by atoms with Crippen molar-refractivity contribution in [2.24, 2.45) is 0 Å². The molecule has 0 spiro atoms. The lowest BCUT2D eigenvalue weighted by Crippen LogP contribution is -2.20. The minimum atomic E-state index is -0.768. The van der Waals surface area contributed by atoms with E-state index in [1.807, 2.05) is 0 Å². The lowest BCUT2D eigenvalue weighted by atomic mass is 10.2. The second-order valence-corrected chi connectivity index (χ2v) is 4.55. The number of hydrogen-bond acceptors (Lipinski definition) is 6. The van der Waals surface area contributed by atoms with Crippen LogP contribution in [-0.4, -0.2) is 43.6 Å². The second kappa shape index (κ2) is 4.34. The molecule has 1 fully saturated rings. The van der Waals surface area contributed by atoms with Crippen LogP contribution in [0.25, 0.3) is 11.0 Å². The summed E-state index contributed by atoms with van der Waals surface area (Å²) in [5.74, 6) is 0.00337. The standard InChI is InChI=1S/C11H14N4O4/c12-11-13-8-6(9(18)14-11)1-2-15(8)10-7(17)3-5(4-16)19-10/h1-2,5,7,10,16-17H,3-4H2,(H3,12,13,14,18)/t5-,7?,10+/m0/s1. The smallest absolute Gasteiger partial charge is 0.261 e. The topological polar surface area (TPSA) is 126 Å². The number of aromatic nitrogens is 3. The van der Waals surface area contributed by atoms with Crippen LogP contribution >= 0.6 is 0 Å². The fourth-order valence-corrected chi connectivity index (χ4v) is 2.36. The third kappa shape index (κ3) is 1.89. The Labute approximate surface area is 107 Å². The maximum atomic E-state index is 11.7. The molecule has 5 N–H and O–H groups in total. The summed E-state index contributed by atoms with van der Waals surface area (Å²) in [5, 5.41) is 19.4. The highest BCUT2D eigenvalue weighted by Crippen LogP contribution is 2.30. The van der Waals surface area contributed by atoms with Crippen LogP contribution in [0.1, 0.15) is 12.6 Å². The van der Waals surface area contributed by atoms with E-state index in [1.165, 1.54) is 0 Å². The summed E-state index contributed by atoms with van der Waals surface area (Å²) in [6.45, 7) is -0.164. The highest BCUT2D eigenvalue weighted by Gasteiger charge is 2.35. The monoisotopic (exact) mass is 266 g/mol. The molecule has 3 rings (SSSR count). The van der Waals surface area contributed by atoms with Gasteiger partial charge in [-0.3, -0.25) is 9.78 Å². The first kappa shape index (κ1) is 12.2. The van der Waals surface area contributed by atoms with E-state index in [9.17, 15) is 9.90 Å². The van der Waals surface area contributed by atoms with Gasteiger partial charge in [0.15, 0.2) is 11.9 Å². The first-order valence-corrected chi connectivity index (χ1v) is 5.91. The number of rotatable bonds is 2. The molecule has 0 amide bonds. The molecule has 8 heteroatoms. The number of nitrogens with one attached hydrogen (secondary N) is 1. The number of nitrogen functional groups attached to an aromatic ring is 1. The van der Waals surface area contributed by atoms with Gasteiger partial charge in [-0.2, -0.15) is 4.98 Å². The average Bonchev–Trinajstić information content (AvgIpc) is 2.92. The Bertz CT molecular complexity index is 664. The van der Waals surface area contributed by atoms with E-state index in [4.69, 9.17) is 15.6 Å². The maximum Gasteiger partial charge on any atom is 0.261 e. The molecule has 1 unspecified atom stereocenters. The zero-order valence-electron chi connectivity index (χ0n) is 9.98. The van der Waals surface area contributed by atoms with E-state index in [0.717, 1.165) is 0 Å². The third-order valence-corrected chi connectivity index (χ3v) is 3.24. The van der Waals surface area contributed by atoms with Gasteiger partial charge in [-0.15, -0.1) is 0 Å². The van der Waals surface area contributed by atoms with E-state index >= 15 is 0 Å². The average molecular weight is 266 g/mol. The molecular weight excluding hydrogens is 252 g/mol. The lowest BCUT2D eigenvalue weighted by Gasteiger charge is -2.17. The number of H-pyrrole nitrogens is 1. The van der Waals surface area contributed by atoms with Crippen LogP contribution in [-0.2, 0) is 4.74 Å². The Balaban J connectivity index is 2.09. The molecule has 3 heterocycles. The molecule has 8 nitrogen and oxygen atoms in total. The van der Waals surface area contributed by atoms with Crippen molar-refractivity contribution < 1.29 is 14.9 Å². The molecule has 0 radical (unpaired) electrons. The van der Waals surface area contributed by atoms with Crippen LogP contribution in [0.5, 0.6) is 0 Å². The molecule has 19 heavy (non-hydrogen) atoms. The Morgan fingerprint density at radius 1 is 1.63 bits per heavy atom. The second-order valence-electron chi connectivity index (χ2n) is 4.55. The zero-order valence-corrected chi connectivity index (χ0v) is 9.98. The molecule has 0 saturated carbocycles. The van der Waals surface area contributed by atoms with Gasteiger partial charge >= 0.3 is 0 Å². The third-order valence-electron chi connectivity index (χ3n) is 3.24. The summed E-state index contributed by atoms with van der Waals surface area (Å²) in [6.07, 6.45) is 0.0784. The summed E-state index contributed by atoms with van der Waals surface area (Å²) < 4.78 is 7.08. The summed E-state index contributed by atoms with van der Waals surface area (Å²) in [7, 11) is 0. The van der Waals surface area contributed by atoms with Crippen LogP contribution in [0.2, 0.25) is 0 Å². The minimum absolute atomic E-state index is 0.00337. The van der Waals surface area contributed by atoms with Gasteiger partial charge in [0.05, 0.1) is 18.1 Å². The van der Waals surface area contributed by atoms with Crippen molar-refractivity contribution in [3.8, 4) is 0 Å². The van der Waals surface area contributed by atoms with Crippen LogP contribution in [0, 0.1) is 0 Å². The summed E-state index contributed by atoms with van der Waals surface area (Å²) >= 11 is 0. The zero-order chi connectivity index (χ0) is 13.6. The number of ether oxygens (including phenoxy) is 1. The van der Waals surface area contributed by atoms with Crippen molar-refractivity contribution in [3.63, 3.8) is 0 Å². The van der Waals surface area contributed by atoms with Crippen LogP contribution < -0.4 is 11.3 Å². The molecule has 0 aromatic carbocycles. The van der Waals surface area contributed by atoms with Crippen molar-refractivity contribution >= 4 is 17.0 Å². The van der Waals surface area contributed by atoms with Gasteiger partial charge in [0, 0.05) is 12.6 Å². The van der Waals surface area contributed by atoms with Gasteiger partial charge in [-0.25, -0.2) is 0 Å². The van der Waals surface area contributed by atoms with E-state index in [2.05, 4.69) is 9.97 Å². The maximum absolute atomic E-state index is 11.7. The normalized spacial score (nSPS) is 27.2. The molecule has 3 atom stereocenters. The molecule has 2 aromatic heterocycles. The van der Waals surface area contributed by atoms with E-state index in [-0.39, 0.29) is 18.1 Å². The first-order chi connectivity index (χ1) is 9.10. The lowest BCUT2D eigenvalue weighted by molar-refractivity contribution is -0.0484. The van der Waals surface area contributed by atoms with E-state index < -0.39 is 18.4 Å². The number of aliphatic hydroxyl groups excluding tert-OH is 2. The van der Waals surface area contributed by atoms with Gasteiger partial charge in [0.2, 0.25) is 5.95 Å². The summed E-state index contributed by atoms with van der Waals surface area (Å²) in [6, 6.07) is 1.59. The summed E-state index contributed by atoms with van der Waals surface area (Å²) in [4.78, 5) is 18.2. The van der Waals surface area contributed by atoms with Crippen molar-refractivity contribution in [1.29, 1.82) is 0 Å². The Hall–Kier alpha value is -1.90. The fourth-order valence-electron chi connectivity index (χ4n) is 2.36. The fraction of sp³-hybridized carbons (Fsp3) is 0.455. The molecule has 0 bridgehead atoms. The number of nitrogens with zero attached hydrogens (tertiary/aromatic N) is 2. The molecule has 2 aromatic rings. The van der Waals surface area contributed by atoms with Crippen molar-refractivity contribution in [3.05, 3.63) is 22.6 Å². The molecule has 1 saturated heterocycles. The summed E-state index contributed by atoms with van der Waals surface area (Å²) in [5.41, 5.74) is 5.53. The van der Waals surface area contributed by atoms with Gasteiger partial charge < -0.3 is 25.3 Å². The predicted octanol–water partition coefficient (Wildman–Crippen LogP) is -1.05.